The number of fused-ring (bicyclic) bond motifs is 3. The smallest absolute Gasteiger partial charge is 0.255 e. The maximum absolute atomic E-state index is 12.5. The molecule has 1 aromatic carbocycles. The second-order valence-corrected chi connectivity index (χ2v) is 5.83. The minimum atomic E-state index is -0.174. The quantitative estimate of drug-likeness (QED) is 0.499. The predicted octanol–water partition coefficient (Wildman–Crippen LogP) is 3.33. The van der Waals surface area contributed by atoms with Crippen molar-refractivity contribution < 1.29 is 10.0 Å². The Morgan fingerprint density at radius 2 is 2.21 bits per heavy atom. The molecule has 0 radical (unpaired) electrons. The van der Waals surface area contributed by atoms with Gasteiger partial charge in [-0.25, -0.2) is 0 Å². The molecule has 24 heavy (non-hydrogen) atoms. The minimum absolute atomic E-state index is 0.174. The van der Waals surface area contributed by atoms with E-state index in [1.807, 2.05) is 12.1 Å². The van der Waals surface area contributed by atoms with E-state index in [0.717, 1.165) is 41.4 Å². The lowest BCUT2D eigenvalue weighted by molar-refractivity contribution is 0.102. The second-order valence-electron chi connectivity index (χ2n) is 5.83. The average molecular weight is 320 g/mol. The number of aromatic nitrogens is 2. The number of carbonyl (C=O) groups excluding carboxylic acids is 1. The van der Waals surface area contributed by atoms with E-state index in [0.29, 0.717) is 17.0 Å². The van der Waals surface area contributed by atoms with E-state index in [1.165, 1.54) is 0 Å². The van der Waals surface area contributed by atoms with Crippen molar-refractivity contribution in [3.63, 3.8) is 0 Å². The summed E-state index contributed by atoms with van der Waals surface area (Å²) in [5.41, 5.74) is 4.85. The van der Waals surface area contributed by atoms with Gasteiger partial charge in [0.15, 0.2) is 0 Å². The van der Waals surface area contributed by atoms with Crippen LogP contribution in [0.5, 0.6) is 0 Å². The number of nitrogens with zero attached hydrogens (tertiary/aromatic N) is 2. The molecular weight excluding hydrogens is 304 g/mol. The summed E-state index contributed by atoms with van der Waals surface area (Å²) in [5, 5.41) is 16.4. The van der Waals surface area contributed by atoms with Crippen LogP contribution in [-0.4, -0.2) is 26.8 Å². The van der Waals surface area contributed by atoms with Crippen molar-refractivity contribution in [1.82, 2.24) is 9.97 Å². The van der Waals surface area contributed by atoms with Crippen molar-refractivity contribution in [2.45, 2.75) is 19.3 Å². The van der Waals surface area contributed by atoms with Gasteiger partial charge in [0.05, 0.1) is 17.6 Å². The molecule has 2 heterocycles. The van der Waals surface area contributed by atoms with Gasteiger partial charge in [-0.05, 0) is 55.2 Å². The lowest BCUT2D eigenvalue weighted by Crippen LogP contribution is -2.12. The minimum Gasteiger partial charge on any atom is -0.411 e. The van der Waals surface area contributed by atoms with Gasteiger partial charge in [0.1, 0.15) is 5.71 Å². The van der Waals surface area contributed by atoms with E-state index >= 15 is 0 Å². The normalized spacial score (nSPS) is 15.4. The Labute approximate surface area is 138 Å². The van der Waals surface area contributed by atoms with Crippen LogP contribution in [0.2, 0.25) is 0 Å². The van der Waals surface area contributed by atoms with Crippen LogP contribution in [0.1, 0.15) is 34.5 Å². The van der Waals surface area contributed by atoms with Gasteiger partial charge in [0, 0.05) is 22.7 Å². The predicted molar refractivity (Wildman–Crippen MR) is 91.8 cm³/mol. The fourth-order valence-corrected chi connectivity index (χ4v) is 3.19. The van der Waals surface area contributed by atoms with Crippen LogP contribution in [0.15, 0.2) is 47.9 Å². The number of benzene rings is 1. The summed E-state index contributed by atoms with van der Waals surface area (Å²) < 4.78 is 0. The average Bonchev–Trinajstić information content (AvgIpc) is 3.00. The fourth-order valence-electron chi connectivity index (χ4n) is 3.19. The molecule has 0 fully saturated rings. The molecule has 0 unspecified atom stereocenters. The van der Waals surface area contributed by atoms with Gasteiger partial charge in [-0.1, -0.05) is 5.16 Å². The Morgan fingerprint density at radius 1 is 1.29 bits per heavy atom. The Bertz CT molecular complexity index is 944. The number of amides is 1. The number of carbonyl (C=O) groups is 1. The molecule has 1 aliphatic carbocycles. The molecule has 0 saturated heterocycles. The number of rotatable bonds is 2. The van der Waals surface area contributed by atoms with Gasteiger partial charge >= 0.3 is 0 Å². The number of nitrogens with one attached hydrogen (secondary N) is 2. The van der Waals surface area contributed by atoms with Crippen LogP contribution >= 0.6 is 0 Å². The summed E-state index contributed by atoms with van der Waals surface area (Å²) in [6.45, 7) is 0. The number of aryl methyl sites for hydroxylation is 1. The van der Waals surface area contributed by atoms with Crippen LogP contribution < -0.4 is 5.32 Å². The zero-order valence-electron chi connectivity index (χ0n) is 12.9. The molecule has 4 rings (SSSR count). The van der Waals surface area contributed by atoms with Crippen molar-refractivity contribution >= 4 is 28.2 Å². The second kappa shape index (κ2) is 5.81. The zero-order valence-corrected chi connectivity index (χ0v) is 12.9. The summed E-state index contributed by atoms with van der Waals surface area (Å²) in [5.74, 6) is -0.174. The van der Waals surface area contributed by atoms with Crippen molar-refractivity contribution in [3.8, 4) is 0 Å². The van der Waals surface area contributed by atoms with Crippen LogP contribution in [-0.2, 0) is 6.42 Å². The molecule has 6 heteroatoms. The zero-order chi connectivity index (χ0) is 16.5. The standard InChI is InChI=1S/C18H16N4O2/c23-18(20-12-3-2-8-19-10-12)11-6-7-15-14(9-11)13-4-1-5-16(22-24)17(13)21-15/h2-3,6-10,21,24H,1,4-5H2,(H,20,23). The van der Waals surface area contributed by atoms with Crippen molar-refractivity contribution in [3.05, 3.63) is 59.5 Å². The number of hydrogen-bond donors (Lipinski definition) is 3. The van der Waals surface area contributed by atoms with E-state index in [2.05, 4.69) is 20.4 Å². The van der Waals surface area contributed by atoms with Gasteiger partial charge in [0.25, 0.3) is 5.91 Å². The number of pyridine rings is 1. The number of aromatic amines is 1. The third-order valence-electron chi connectivity index (χ3n) is 4.34. The Kier molecular flexibility index (Phi) is 3.49. The lowest BCUT2D eigenvalue weighted by atomic mass is 9.93. The molecule has 120 valence electrons. The first-order chi connectivity index (χ1) is 11.8. The number of oxime groups is 1. The Hall–Kier alpha value is -3.15. The molecule has 3 N–H and O–H groups in total. The summed E-state index contributed by atoms with van der Waals surface area (Å²) in [6, 6.07) is 9.13. The molecule has 0 atom stereocenters. The number of H-pyrrole nitrogens is 1. The summed E-state index contributed by atoms with van der Waals surface area (Å²) in [7, 11) is 0. The van der Waals surface area contributed by atoms with Crippen LogP contribution in [0, 0.1) is 0 Å². The highest BCUT2D eigenvalue weighted by Crippen LogP contribution is 2.30. The van der Waals surface area contributed by atoms with Crippen molar-refractivity contribution in [2.24, 2.45) is 5.16 Å². The maximum atomic E-state index is 12.5. The molecule has 0 aliphatic heterocycles. The highest BCUT2D eigenvalue weighted by Gasteiger charge is 2.21. The van der Waals surface area contributed by atoms with Gasteiger partial charge in [0.2, 0.25) is 0 Å². The molecular formula is C18H16N4O2. The Balaban J connectivity index is 1.72. The van der Waals surface area contributed by atoms with E-state index in [-0.39, 0.29) is 5.91 Å². The molecule has 3 aromatic rings. The molecule has 0 spiro atoms. The first-order valence-corrected chi connectivity index (χ1v) is 7.83. The molecule has 0 bridgehead atoms. The maximum Gasteiger partial charge on any atom is 0.255 e. The molecule has 0 saturated carbocycles. The molecule has 6 nitrogen and oxygen atoms in total. The van der Waals surface area contributed by atoms with Gasteiger partial charge in [-0.2, -0.15) is 0 Å². The highest BCUT2D eigenvalue weighted by atomic mass is 16.4. The van der Waals surface area contributed by atoms with Crippen molar-refractivity contribution in [2.75, 3.05) is 5.32 Å². The topological polar surface area (TPSA) is 90.4 Å². The third kappa shape index (κ3) is 2.42. The largest absolute Gasteiger partial charge is 0.411 e. The molecule has 1 amide bonds. The van der Waals surface area contributed by atoms with Gasteiger partial charge in [-0.3, -0.25) is 9.78 Å². The summed E-state index contributed by atoms with van der Waals surface area (Å²) >= 11 is 0. The van der Waals surface area contributed by atoms with E-state index in [1.54, 1.807) is 30.6 Å². The van der Waals surface area contributed by atoms with E-state index in [4.69, 9.17) is 5.21 Å². The van der Waals surface area contributed by atoms with Crippen LogP contribution in [0.25, 0.3) is 10.9 Å². The lowest BCUT2D eigenvalue weighted by Gasteiger charge is -2.12. The highest BCUT2D eigenvalue weighted by molar-refractivity contribution is 6.09. The first kappa shape index (κ1) is 14.4. The summed E-state index contributed by atoms with van der Waals surface area (Å²) in [6.07, 6.45) is 5.87. The molecule has 2 aromatic heterocycles. The van der Waals surface area contributed by atoms with E-state index < -0.39 is 0 Å². The number of hydrogen-bond acceptors (Lipinski definition) is 4. The van der Waals surface area contributed by atoms with Crippen molar-refractivity contribution in [1.29, 1.82) is 0 Å². The SMILES string of the molecule is O=C(Nc1cccnc1)c1ccc2[nH]c3c(c2c1)CCCC3=NO. The van der Waals surface area contributed by atoms with Crippen LogP contribution in [0.4, 0.5) is 5.69 Å². The monoisotopic (exact) mass is 320 g/mol. The van der Waals surface area contributed by atoms with Gasteiger partial charge in [-0.15, -0.1) is 0 Å². The first-order valence-electron chi connectivity index (χ1n) is 7.83. The molecule has 1 aliphatic rings. The fraction of sp³-hybridized carbons (Fsp3) is 0.167. The van der Waals surface area contributed by atoms with E-state index in [9.17, 15) is 4.79 Å². The third-order valence-corrected chi connectivity index (χ3v) is 4.34. The van der Waals surface area contributed by atoms with Crippen LogP contribution in [0.3, 0.4) is 0 Å². The van der Waals surface area contributed by atoms with Gasteiger partial charge < -0.3 is 15.5 Å². The summed E-state index contributed by atoms with van der Waals surface area (Å²) in [4.78, 5) is 19.7. The Morgan fingerprint density at radius 3 is 3.00 bits per heavy atom. The number of anilines is 1.